The SMILES string of the molecule is Cc1ncoc1COc1ccc2c(c1)CCN(C[C@H](O)CNC(=O)OC(C)(C)C)C2. The smallest absolute Gasteiger partial charge is 0.407 e. The quantitative estimate of drug-likeness (QED) is 0.715. The largest absolute Gasteiger partial charge is 0.486 e. The molecule has 0 aliphatic carbocycles. The molecule has 0 saturated heterocycles. The second-order valence-electron chi connectivity index (χ2n) is 8.60. The number of aromatic nitrogens is 1. The molecule has 1 aliphatic heterocycles. The van der Waals surface area contributed by atoms with Crippen LogP contribution < -0.4 is 10.1 Å². The minimum atomic E-state index is -0.660. The second kappa shape index (κ2) is 9.49. The number of nitrogens with one attached hydrogen (secondary N) is 1. The van der Waals surface area contributed by atoms with E-state index in [4.69, 9.17) is 13.9 Å². The van der Waals surface area contributed by atoms with Gasteiger partial charge in [-0.2, -0.15) is 0 Å². The number of aliphatic hydroxyl groups excluding tert-OH is 1. The number of carbonyl (C=O) groups is 1. The normalized spacial score (nSPS) is 15.4. The molecule has 30 heavy (non-hydrogen) atoms. The fourth-order valence-electron chi connectivity index (χ4n) is 3.32. The van der Waals surface area contributed by atoms with E-state index in [1.165, 1.54) is 17.5 Å². The number of rotatable bonds is 7. The Morgan fingerprint density at radius 2 is 2.17 bits per heavy atom. The Labute approximate surface area is 177 Å². The number of amides is 1. The first-order valence-corrected chi connectivity index (χ1v) is 10.2. The molecule has 8 nitrogen and oxygen atoms in total. The highest BCUT2D eigenvalue weighted by Crippen LogP contribution is 2.25. The van der Waals surface area contributed by atoms with E-state index in [1.54, 1.807) is 20.8 Å². The van der Waals surface area contributed by atoms with Crippen molar-refractivity contribution >= 4 is 6.09 Å². The van der Waals surface area contributed by atoms with Gasteiger partial charge in [-0.05, 0) is 57.4 Å². The van der Waals surface area contributed by atoms with Gasteiger partial charge in [0.15, 0.2) is 12.2 Å². The van der Waals surface area contributed by atoms with E-state index in [1.807, 2.05) is 13.0 Å². The van der Waals surface area contributed by atoms with Crippen LogP contribution in [0.3, 0.4) is 0 Å². The van der Waals surface area contributed by atoms with Crippen LogP contribution in [0.2, 0.25) is 0 Å². The molecule has 2 N–H and O–H groups in total. The number of aliphatic hydroxyl groups is 1. The maximum absolute atomic E-state index is 11.7. The fourth-order valence-corrected chi connectivity index (χ4v) is 3.32. The molecule has 0 bridgehead atoms. The van der Waals surface area contributed by atoms with Gasteiger partial charge >= 0.3 is 6.09 Å². The van der Waals surface area contributed by atoms with Crippen LogP contribution in [0.4, 0.5) is 4.79 Å². The molecule has 1 aromatic carbocycles. The number of β-amino-alcohol motifs (C(OH)–C–C–N with tert-alkyl or cyclic N) is 1. The van der Waals surface area contributed by atoms with E-state index in [2.05, 4.69) is 27.3 Å². The number of benzene rings is 1. The van der Waals surface area contributed by atoms with Gasteiger partial charge in [0, 0.05) is 26.2 Å². The third-order valence-electron chi connectivity index (χ3n) is 4.83. The topological polar surface area (TPSA) is 97.1 Å². The van der Waals surface area contributed by atoms with Gasteiger partial charge < -0.3 is 24.3 Å². The third-order valence-corrected chi connectivity index (χ3v) is 4.83. The Bertz CT molecular complexity index is 859. The van der Waals surface area contributed by atoms with Crippen molar-refractivity contribution in [3.8, 4) is 5.75 Å². The number of aryl methyl sites for hydroxylation is 1. The lowest BCUT2D eigenvalue weighted by Gasteiger charge is -2.30. The average molecular weight is 418 g/mol. The minimum Gasteiger partial charge on any atom is -0.486 e. The molecule has 8 heteroatoms. The van der Waals surface area contributed by atoms with E-state index >= 15 is 0 Å². The van der Waals surface area contributed by atoms with Crippen molar-refractivity contribution < 1.29 is 23.8 Å². The van der Waals surface area contributed by atoms with Crippen molar-refractivity contribution in [3.05, 3.63) is 47.2 Å². The molecule has 164 valence electrons. The summed E-state index contributed by atoms with van der Waals surface area (Å²) >= 11 is 0. The predicted octanol–water partition coefficient (Wildman–Crippen LogP) is 2.81. The number of ether oxygens (including phenoxy) is 2. The molecule has 0 fully saturated rings. The molecule has 0 saturated carbocycles. The van der Waals surface area contributed by atoms with Crippen LogP contribution >= 0.6 is 0 Å². The number of alkyl carbamates (subject to hydrolysis) is 1. The van der Waals surface area contributed by atoms with Crippen molar-refractivity contribution in [3.63, 3.8) is 0 Å². The summed E-state index contributed by atoms with van der Waals surface area (Å²) in [4.78, 5) is 18.0. The van der Waals surface area contributed by atoms with Gasteiger partial charge in [0.05, 0.1) is 11.8 Å². The van der Waals surface area contributed by atoms with E-state index in [9.17, 15) is 9.90 Å². The molecule has 1 atom stereocenters. The summed E-state index contributed by atoms with van der Waals surface area (Å²) < 4.78 is 16.3. The monoisotopic (exact) mass is 417 g/mol. The maximum atomic E-state index is 11.7. The molecule has 1 aliphatic rings. The fraction of sp³-hybridized carbons (Fsp3) is 0.545. The van der Waals surface area contributed by atoms with Gasteiger partial charge in [-0.15, -0.1) is 0 Å². The van der Waals surface area contributed by atoms with Gasteiger partial charge in [-0.1, -0.05) is 6.07 Å². The number of nitrogens with zero attached hydrogens (tertiary/aromatic N) is 2. The molecule has 3 rings (SSSR count). The molecule has 2 aromatic rings. The Morgan fingerprint density at radius 1 is 1.37 bits per heavy atom. The van der Waals surface area contributed by atoms with Gasteiger partial charge in [0.25, 0.3) is 0 Å². The molecule has 0 unspecified atom stereocenters. The lowest BCUT2D eigenvalue weighted by atomic mass is 9.99. The summed E-state index contributed by atoms with van der Waals surface area (Å²) in [6.07, 6.45) is 1.12. The van der Waals surface area contributed by atoms with E-state index in [0.717, 1.165) is 36.7 Å². The highest BCUT2D eigenvalue weighted by molar-refractivity contribution is 5.67. The van der Waals surface area contributed by atoms with E-state index in [0.29, 0.717) is 13.2 Å². The third kappa shape index (κ3) is 6.47. The van der Waals surface area contributed by atoms with Crippen LogP contribution in [0.5, 0.6) is 5.75 Å². The van der Waals surface area contributed by atoms with Crippen LogP contribution in [-0.2, 0) is 24.3 Å². The first-order valence-electron chi connectivity index (χ1n) is 10.2. The zero-order chi connectivity index (χ0) is 21.7. The molecule has 1 aromatic heterocycles. The van der Waals surface area contributed by atoms with Crippen LogP contribution in [0.1, 0.15) is 43.4 Å². The maximum Gasteiger partial charge on any atom is 0.407 e. The number of hydrogen-bond donors (Lipinski definition) is 2. The zero-order valence-corrected chi connectivity index (χ0v) is 18.1. The van der Waals surface area contributed by atoms with E-state index in [-0.39, 0.29) is 6.54 Å². The molecular weight excluding hydrogens is 386 g/mol. The van der Waals surface area contributed by atoms with Crippen molar-refractivity contribution in [2.45, 2.75) is 59.0 Å². The Hall–Kier alpha value is -2.58. The summed E-state index contributed by atoms with van der Waals surface area (Å²) in [6.45, 7) is 9.89. The summed E-state index contributed by atoms with van der Waals surface area (Å²) in [6, 6.07) is 6.09. The lowest BCUT2D eigenvalue weighted by Crippen LogP contribution is -2.43. The number of carbonyl (C=O) groups excluding carboxylic acids is 1. The van der Waals surface area contributed by atoms with Crippen LogP contribution in [0.25, 0.3) is 0 Å². The van der Waals surface area contributed by atoms with Gasteiger partial charge in [0.2, 0.25) is 0 Å². The average Bonchev–Trinajstić information content (AvgIpc) is 3.08. The first kappa shape index (κ1) is 22.1. The van der Waals surface area contributed by atoms with Crippen molar-refractivity contribution in [1.82, 2.24) is 15.2 Å². The highest BCUT2D eigenvalue weighted by atomic mass is 16.6. The zero-order valence-electron chi connectivity index (χ0n) is 18.1. The Morgan fingerprint density at radius 3 is 2.87 bits per heavy atom. The van der Waals surface area contributed by atoms with Gasteiger partial charge in [-0.3, -0.25) is 4.90 Å². The molecular formula is C22H31N3O5. The number of fused-ring (bicyclic) bond motifs is 1. The first-order chi connectivity index (χ1) is 14.2. The Kier molecular flexibility index (Phi) is 6.99. The summed E-state index contributed by atoms with van der Waals surface area (Å²) in [5.74, 6) is 1.53. The standard InChI is InChI=1S/C22H31N3O5/c1-15-20(29-14-24-15)13-28-19-6-5-17-11-25(8-7-16(17)9-19)12-18(26)10-23-21(27)30-22(2,3)4/h5-6,9,14,18,26H,7-8,10-13H2,1-4H3,(H,23,27)/t18-/m1/s1. The number of oxazole rings is 1. The van der Waals surface area contributed by atoms with Crippen molar-refractivity contribution in [1.29, 1.82) is 0 Å². The van der Waals surface area contributed by atoms with Crippen LogP contribution in [-0.4, -0.2) is 52.4 Å². The minimum absolute atomic E-state index is 0.159. The number of hydrogen-bond acceptors (Lipinski definition) is 7. The summed E-state index contributed by atoms with van der Waals surface area (Å²) in [5.41, 5.74) is 2.75. The molecule has 1 amide bonds. The van der Waals surface area contributed by atoms with Crippen LogP contribution in [0.15, 0.2) is 29.0 Å². The van der Waals surface area contributed by atoms with Crippen LogP contribution in [0, 0.1) is 6.92 Å². The second-order valence-corrected chi connectivity index (χ2v) is 8.60. The highest BCUT2D eigenvalue weighted by Gasteiger charge is 2.21. The van der Waals surface area contributed by atoms with Crippen molar-refractivity contribution in [2.24, 2.45) is 0 Å². The van der Waals surface area contributed by atoms with Gasteiger partial charge in [0.1, 0.15) is 18.0 Å². The summed E-state index contributed by atoms with van der Waals surface area (Å²) in [5, 5.41) is 12.9. The molecule has 0 radical (unpaired) electrons. The predicted molar refractivity (Wildman–Crippen MR) is 111 cm³/mol. The van der Waals surface area contributed by atoms with E-state index < -0.39 is 17.8 Å². The molecule has 2 heterocycles. The summed E-state index contributed by atoms with van der Waals surface area (Å²) in [7, 11) is 0. The molecule has 0 spiro atoms. The Balaban J connectivity index is 1.46. The van der Waals surface area contributed by atoms with Gasteiger partial charge in [-0.25, -0.2) is 9.78 Å². The van der Waals surface area contributed by atoms with Crippen molar-refractivity contribution in [2.75, 3.05) is 19.6 Å². The lowest BCUT2D eigenvalue weighted by molar-refractivity contribution is 0.0464.